The first kappa shape index (κ1) is 18.9. The zero-order valence-corrected chi connectivity index (χ0v) is 16.7. The van der Waals surface area contributed by atoms with Gasteiger partial charge in [-0.05, 0) is 24.6 Å². The van der Waals surface area contributed by atoms with Crippen LogP contribution >= 0.6 is 11.3 Å². The van der Waals surface area contributed by atoms with E-state index in [4.69, 9.17) is 0 Å². The lowest BCUT2D eigenvalue weighted by atomic mass is 10.2. The minimum absolute atomic E-state index is 0.0762. The third kappa shape index (κ3) is 4.52. The lowest BCUT2D eigenvalue weighted by molar-refractivity contribution is -0.116. The molecule has 146 valence electrons. The van der Waals surface area contributed by atoms with Crippen molar-refractivity contribution in [3.8, 4) is 11.3 Å². The van der Waals surface area contributed by atoms with Crippen molar-refractivity contribution in [1.82, 2.24) is 9.38 Å². The van der Waals surface area contributed by atoms with Gasteiger partial charge < -0.3 is 10.6 Å². The molecule has 2 aromatic carbocycles. The Balaban J connectivity index is 1.41. The number of fused-ring (bicyclic) bond motifs is 1. The number of carbonyl (C=O) groups excluding carboxylic acids is 2. The van der Waals surface area contributed by atoms with E-state index in [0.29, 0.717) is 24.2 Å². The van der Waals surface area contributed by atoms with Crippen LogP contribution in [0.5, 0.6) is 0 Å². The molecule has 2 aromatic heterocycles. The predicted molar refractivity (Wildman–Crippen MR) is 116 cm³/mol. The van der Waals surface area contributed by atoms with Crippen LogP contribution in [-0.4, -0.2) is 21.2 Å². The molecule has 0 aliphatic carbocycles. The molecule has 0 saturated heterocycles. The number of rotatable bonds is 6. The fourth-order valence-corrected chi connectivity index (χ4v) is 4.01. The van der Waals surface area contributed by atoms with Crippen LogP contribution in [0.3, 0.4) is 0 Å². The van der Waals surface area contributed by atoms with E-state index in [2.05, 4.69) is 20.0 Å². The van der Waals surface area contributed by atoms with Gasteiger partial charge in [-0.3, -0.25) is 14.0 Å². The van der Waals surface area contributed by atoms with E-state index in [9.17, 15) is 9.59 Å². The van der Waals surface area contributed by atoms with Gasteiger partial charge in [0, 0.05) is 47.6 Å². The molecular weight excluding hydrogens is 384 g/mol. The number of nitrogens with one attached hydrogen (secondary N) is 2. The van der Waals surface area contributed by atoms with E-state index in [-0.39, 0.29) is 11.8 Å². The van der Waals surface area contributed by atoms with Crippen molar-refractivity contribution in [2.24, 2.45) is 0 Å². The Hall–Kier alpha value is -3.45. The standard InChI is InChI=1S/C22H20N4O2S/c1-15(27)23-17-8-5-9-18(12-17)24-21(28)11-10-19-14-29-22-25-20(13-26(19)22)16-6-3-2-4-7-16/h2-9,12-14H,10-11H2,1H3,(H,23,27)(H,24,28). The molecule has 4 rings (SSSR count). The van der Waals surface area contributed by atoms with Crippen LogP contribution in [0.2, 0.25) is 0 Å². The van der Waals surface area contributed by atoms with Crippen molar-refractivity contribution in [3.05, 3.63) is 71.9 Å². The fraction of sp³-hybridized carbons (Fsp3) is 0.136. The van der Waals surface area contributed by atoms with Gasteiger partial charge >= 0.3 is 0 Å². The lowest BCUT2D eigenvalue weighted by Gasteiger charge is -2.07. The Morgan fingerprint density at radius 2 is 1.79 bits per heavy atom. The molecule has 0 unspecified atom stereocenters. The van der Waals surface area contributed by atoms with E-state index in [0.717, 1.165) is 21.9 Å². The highest BCUT2D eigenvalue weighted by Crippen LogP contribution is 2.24. The van der Waals surface area contributed by atoms with Crippen molar-refractivity contribution in [1.29, 1.82) is 0 Å². The van der Waals surface area contributed by atoms with Crippen LogP contribution < -0.4 is 10.6 Å². The maximum Gasteiger partial charge on any atom is 0.224 e. The topological polar surface area (TPSA) is 75.5 Å². The first-order valence-corrected chi connectivity index (χ1v) is 10.1. The van der Waals surface area contributed by atoms with Gasteiger partial charge in [-0.1, -0.05) is 36.4 Å². The molecule has 0 fully saturated rings. The van der Waals surface area contributed by atoms with Crippen LogP contribution in [0.15, 0.2) is 66.2 Å². The molecule has 0 spiro atoms. The van der Waals surface area contributed by atoms with E-state index in [1.54, 1.807) is 35.6 Å². The van der Waals surface area contributed by atoms with E-state index < -0.39 is 0 Å². The Morgan fingerprint density at radius 3 is 2.55 bits per heavy atom. The largest absolute Gasteiger partial charge is 0.326 e. The molecule has 0 atom stereocenters. The van der Waals surface area contributed by atoms with Crippen LogP contribution in [0.4, 0.5) is 11.4 Å². The summed E-state index contributed by atoms with van der Waals surface area (Å²) in [4.78, 5) is 29.2. The zero-order valence-electron chi connectivity index (χ0n) is 15.9. The molecule has 2 amide bonds. The van der Waals surface area contributed by atoms with Crippen molar-refractivity contribution in [2.75, 3.05) is 10.6 Å². The van der Waals surface area contributed by atoms with Crippen LogP contribution in [0, 0.1) is 0 Å². The average molecular weight is 404 g/mol. The number of aromatic nitrogens is 2. The van der Waals surface area contributed by atoms with E-state index in [1.165, 1.54) is 6.92 Å². The third-order valence-electron chi connectivity index (χ3n) is 4.43. The quantitative estimate of drug-likeness (QED) is 0.493. The maximum absolute atomic E-state index is 12.4. The van der Waals surface area contributed by atoms with Gasteiger partial charge in [0.1, 0.15) is 0 Å². The highest BCUT2D eigenvalue weighted by atomic mass is 32.1. The molecule has 0 bridgehead atoms. The summed E-state index contributed by atoms with van der Waals surface area (Å²) in [5.74, 6) is -0.224. The first-order valence-electron chi connectivity index (χ1n) is 9.27. The number of anilines is 2. The van der Waals surface area contributed by atoms with Gasteiger partial charge in [-0.2, -0.15) is 0 Å². The van der Waals surface area contributed by atoms with Crippen molar-refractivity contribution >= 4 is 39.5 Å². The number of aryl methyl sites for hydroxylation is 1. The van der Waals surface area contributed by atoms with Crippen LogP contribution in [0.1, 0.15) is 19.0 Å². The van der Waals surface area contributed by atoms with Crippen LogP contribution in [0.25, 0.3) is 16.2 Å². The number of nitrogens with zero attached hydrogens (tertiary/aromatic N) is 2. The lowest BCUT2D eigenvalue weighted by Crippen LogP contribution is -2.13. The van der Waals surface area contributed by atoms with Gasteiger partial charge in [0.25, 0.3) is 0 Å². The van der Waals surface area contributed by atoms with E-state index in [1.807, 2.05) is 41.9 Å². The van der Waals surface area contributed by atoms with E-state index >= 15 is 0 Å². The fourth-order valence-electron chi connectivity index (χ4n) is 3.10. The summed E-state index contributed by atoms with van der Waals surface area (Å²) < 4.78 is 2.05. The van der Waals surface area contributed by atoms with Crippen molar-refractivity contribution < 1.29 is 9.59 Å². The summed E-state index contributed by atoms with van der Waals surface area (Å²) >= 11 is 1.57. The van der Waals surface area contributed by atoms with Gasteiger partial charge in [0.15, 0.2) is 4.96 Å². The molecule has 7 heteroatoms. The average Bonchev–Trinajstić information content (AvgIpc) is 3.28. The Morgan fingerprint density at radius 1 is 1.03 bits per heavy atom. The van der Waals surface area contributed by atoms with Gasteiger partial charge in [-0.25, -0.2) is 4.98 Å². The summed E-state index contributed by atoms with van der Waals surface area (Å²) in [5, 5.41) is 7.64. The smallest absolute Gasteiger partial charge is 0.224 e. The monoisotopic (exact) mass is 404 g/mol. The van der Waals surface area contributed by atoms with Gasteiger partial charge in [0.05, 0.1) is 5.69 Å². The molecule has 0 aliphatic heterocycles. The maximum atomic E-state index is 12.4. The van der Waals surface area contributed by atoms with Crippen molar-refractivity contribution in [2.45, 2.75) is 19.8 Å². The summed E-state index contributed by atoms with van der Waals surface area (Å²) in [6.07, 6.45) is 2.99. The molecule has 0 radical (unpaired) electrons. The normalized spacial score (nSPS) is 10.8. The summed E-state index contributed by atoms with van der Waals surface area (Å²) in [7, 11) is 0. The minimum Gasteiger partial charge on any atom is -0.326 e. The molecule has 0 aliphatic rings. The Bertz CT molecular complexity index is 1160. The molecular formula is C22H20N4O2S. The molecule has 0 saturated carbocycles. The number of thiazole rings is 1. The highest BCUT2D eigenvalue weighted by molar-refractivity contribution is 7.15. The predicted octanol–water partition coefficient (Wildman–Crippen LogP) is 4.59. The second kappa shape index (κ2) is 8.28. The molecule has 6 nitrogen and oxygen atoms in total. The number of amides is 2. The summed E-state index contributed by atoms with van der Waals surface area (Å²) in [6.45, 7) is 1.45. The van der Waals surface area contributed by atoms with Gasteiger partial charge in [-0.15, -0.1) is 11.3 Å². The number of hydrogen-bond donors (Lipinski definition) is 2. The molecule has 2 N–H and O–H groups in total. The second-order valence-corrected chi connectivity index (χ2v) is 7.52. The van der Waals surface area contributed by atoms with Crippen LogP contribution in [-0.2, 0) is 16.0 Å². The number of imidazole rings is 1. The SMILES string of the molecule is CC(=O)Nc1cccc(NC(=O)CCc2csc3nc(-c4ccccc4)cn23)c1. The molecule has 29 heavy (non-hydrogen) atoms. The minimum atomic E-state index is -0.148. The van der Waals surface area contributed by atoms with Gasteiger partial charge in [0.2, 0.25) is 11.8 Å². The Kier molecular flexibility index (Phi) is 5.39. The van der Waals surface area contributed by atoms with Crippen molar-refractivity contribution in [3.63, 3.8) is 0 Å². The molecule has 4 aromatic rings. The summed E-state index contributed by atoms with van der Waals surface area (Å²) in [6, 6.07) is 17.2. The number of benzene rings is 2. The number of hydrogen-bond acceptors (Lipinski definition) is 4. The highest BCUT2D eigenvalue weighted by Gasteiger charge is 2.11. The molecule has 2 heterocycles. The summed E-state index contributed by atoms with van der Waals surface area (Å²) in [5.41, 5.74) is 4.37. The zero-order chi connectivity index (χ0) is 20.2. The first-order chi connectivity index (χ1) is 14.1. The Labute approximate surface area is 172 Å². The number of carbonyl (C=O) groups is 2. The second-order valence-electron chi connectivity index (χ2n) is 6.68. The third-order valence-corrected chi connectivity index (χ3v) is 5.32.